The number of piperazine rings is 1. The highest BCUT2D eigenvalue weighted by molar-refractivity contribution is 6.02. The Morgan fingerprint density at radius 2 is 1.88 bits per heavy atom. The summed E-state index contributed by atoms with van der Waals surface area (Å²) in [6.07, 6.45) is 4.70. The molecule has 0 spiro atoms. The zero-order valence-corrected chi connectivity index (χ0v) is 15.4. The third-order valence-corrected chi connectivity index (χ3v) is 5.85. The molecule has 3 aliphatic rings. The fourth-order valence-electron chi connectivity index (χ4n) is 4.45. The minimum absolute atomic E-state index is 0.118. The van der Waals surface area contributed by atoms with E-state index >= 15 is 0 Å². The Hall–Kier alpha value is -1.36. The van der Waals surface area contributed by atoms with Crippen LogP contribution in [0.3, 0.4) is 0 Å². The Morgan fingerprint density at radius 1 is 1.17 bits per heavy atom. The summed E-state index contributed by atoms with van der Waals surface area (Å²) in [5, 5.41) is 0. The van der Waals surface area contributed by atoms with E-state index in [-0.39, 0.29) is 23.9 Å². The monoisotopic (exact) mass is 333 g/mol. The van der Waals surface area contributed by atoms with Gasteiger partial charge in [0.15, 0.2) is 0 Å². The summed E-state index contributed by atoms with van der Waals surface area (Å²) in [6.45, 7) is 10.8. The molecule has 5 heteroatoms. The standard InChI is InChI=1S/C19H31N3O2/c1-4-20-9-11-21(12-10-20)18(23)13-16-15-7-5-6-8-17(15)22(14(2)3)19(16)24/h14,17H,4-13H2,1-3H3. The first kappa shape index (κ1) is 17.5. The molecular formula is C19H31N3O2. The number of amides is 2. The highest BCUT2D eigenvalue weighted by Gasteiger charge is 2.41. The van der Waals surface area contributed by atoms with Crippen molar-refractivity contribution in [2.75, 3.05) is 32.7 Å². The second-order valence-corrected chi connectivity index (χ2v) is 7.56. The van der Waals surface area contributed by atoms with Crippen LogP contribution in [-0.4, -0.2) is 71.3 Å². The fourth-order valence-corrected chi connectivity index (χ4v) is 4.45. The number of hydrogen-bond donors (Lipinski definition) is 0. The van der Waals surface area contributed by atoms with Crippen LogP contribution in [0.15, 0.2) is 11.1 Å². The Balaban J connectivity index is 1.71. The van der Waals surface area contributed by atoms with Crippen molar-refractivity contribution in [2.24, 2.45) is 0 Å². The van der Waals surface area contributed by atoms with Crippen molar-refractivity contribution < 1.29 is 9.59 Å². The summed E-state index contributed by atoms with van der Waals surface area (Å²) in [5.74, 6) is 0.254. The minimum atomic E-state index is 0.118. The molecule has 0 aromatic carbocycles. The molecular weight excluding hydrogens is 302 g/mol. The van der Waals surface area contributed by atoms with Crippen molar-refractivity contribution in [3.8, 4) is 0 Å². The SMILES string of the molecule is CCN1CCN(C(=O)CC2=C3CCCCC3N(C(C)C)C2=O)CC1. The van der Waals surface area contributed by atoms with Gasteiger partial charge in [-0.2, -0.15) is 0 Å². The zero-order valence-electron chi connectivity index (χ0n) is 15.4. The first-order valence-corrected chi connectivity index (χ1v) is 9.57. The number of carbonyl (C=O) groups is 2. The van der Waals surface area contributed by atoms with Gasteiger partial charge in [-0.15, -0.1) is 0 Å². The molecule has 1 aliphatic carbocycles. The molecule has 134 valence electrons. The Bertz CT molecular complexity index is 533. The zero-order chi connectivity index (χ0) is 17.3. The maximum absolute atomic E-state index is 12.9. The van der Waals surface area contributed by atoms with Crippen LogP contribution < -0.4 is 0 Å². The van der Waals surface area contributed by atoms with Gasteiger partial charge in [-0.3, -0.25) is 9.59 Å². The van der Waals surface area contributed by atoms with E-state index in [1.165, 1.54) is 12.0 Å². The van der Waals surface area contributed by atoms with Crippen molar-refractivity contribution in [3.63, 3.8) is 0 Å². The lowest BCUT2D eigenvalue weighted by Crippen LogP contribution is -2.48. The lowest BCUT2D eigenvalue weighted by molar-refractivity contribution is -0.135. The van der Waals surface area contributed by atoms with E-state index in [1.807, 2.05) is 9.80 Å². The lowest BCUT2D eigenvalue weighted by atomic mass is 9.88. The Kier molecular flexibility index (Phi) is 5.28. The van der Waals surface area contributed by atoms with Crippen LogP contribution in [0.5, 0.6) is 0 Å². The van der Waals surface area contributed by atoms with E-state index in [4.69, 9.17) is 0 Å². The quantitative estimate of drug-likeness (QED) is 0.791. The van der Waals surface area contributed by atoms with E-state index in [1.54, 1.807) is 0 Å². The van der Waals surface area contributed by atoms with Crippen LogP contribution in [0, 0.1) is 0 Å². The largest absolute Gasteiger partial charge is 0.340 e. The summed E-state index contributed by atoms with van der Waals surface area (Å²) in [4.78, 5) is 32.0. The maximum Gasteiger partial charge on any atom is 0.251 e. The number of likely N-dealkylation sites (N-methyl/N-ethyl adjacent to an activating group) is 1. The molecule has 2 heterocycles. The van der Waals surface area contributed by atoms with E-state index in [9.17, 15) is 9.59 Å². The van der Waals surface area contributed by atoms with Gasteiger partial charge in [0.1, 0.15) is 0 Å². The van der Waals surface area contributed by atoms with E-state index in [2.05, 4.69) is 25.7 Å². The first-order chi connectivity index (χ1) is 11.5. The average molecular weight is 333 g/mol. The van der Waals surface area contributed by atoms with Crippen LogP contribution in [0.2, 0.25) is 0 Å². The molecule has 2 aliphatic heterocycles. The number of rotatable bonds is 4. The minimum Gasteiger partial charge on any atom is -0.340 e. The Labute approximate surface area is 145 Å². The molecule has 2 amide bonds. The van der Waals surface area contributed by atoms with Gasteiger partial charge in [0.25, 0.3) is 5.91 Å². The molecule has 0 bridgehead atoms. The smallest absolute Gasteiger partial charge is 0.251 e. The lowest BCUT2D eigenvalue weighted by Gasteiger charge is -2.34. The third-order valence-electron chi connectivity index (χ3n) is 5.85. The maximum atomic E-state index is 12.9. The van der Waals surface area contributed by atoms with Crippen molar-refractivity contribution >= 4 is 11.8 Å². The van der Waals surface area contributed by atoms with E-state index in [0.717, 1.165) is 57.6 Å². The number of hydrogen-bond acceptors (Lipinski definition) is 3. The highest BCUT2D eigenvalue weighted by atomic mass is 16.2. The number of carbonyl (C=O) groups excluding carboxylic acids is 2. The average Bonchev–Trinajstić information content (AvgIpc) is 2.87. The van der Waals surface area contributed by atoms with Gasteiger partial charge in [-0.1, -0.05) is 13.3 Å². The van der Waals surface area contributed by atoms with Gasteiger partial charge in [0, 0.05) is 37.8 Å². The molecule has 3 rings (SSSR count). The summed E-state index contributed by atoms with van der Waals surface area (Å²) in [6, 6.07) is 0.460. The first-order valence-electron chi connectivity index (χ1n) is 9.57. The second-order valence-electron chi connectivity index (χ2n) is 7.56. The van der Waals surface area contributed by atoms with Crippen molar-refractivity contribution in [1.82, 2.24) is 14.7 Å². The predicted molar refractivity (Wildman–Crippen MR) is 94.6 cm³/mol. The third kappa shape index (κ3) is 3.23. The number of nitrogens with zero attached hydrogens (tertiary/aromatic N) is 3. The van der Waals surface area contributed by atoms with Crippen LogP contribution >= 0.6 is 0 Å². The molecule has 0 radical (unpaired) electrons. The van der Waals surface area contributed by atoms with Crippen LogP contribution in [0.4, 0.5) is 0 Å². The topological polar surface area (TPSA) is 43.9 Å². The highest BCUT2D eigenvalue weighted by Crippen LogP contribution is 2.39. The van der Waals surface area contributed by atoms with Crippen molar-refractivity contribution in [3.05, 3.63) is 11.1 Å². The molecule has 1 unspecified atom stereocenters. The van der Waals surface area contributed by atoms with E-state index in [0.29, 0.717) is 6.42 Å². The van der Waals surface area contributed by atoms with Crippen molar-refractivity contribution in [1.29, 1.82) is 0 Å². The summed E-state index contributed by atoms with van der Waals surface area (Å²) in [7, 11) is 0. The van der Waals surface area contributed by atoms with Gasteiger partial charge in [0.2, 0.25) is 5.91 Å². The molecule has 24 heavy (non-hydrogen) atoms. The molecule has 0 aromatic rings. The van der Waals surface area contributed by atoms with E-state index < -0.39 is 0 Å². The Morgan fingerprint density at radius 3 is 2.50 bits per heavy atom. The van der Waals surface area contributed by atoms with Gasteiger partial charge in [-0.25, -0.2) is 0 Å². The normalized spacial score (nSPS) is 25.7. The van der Waals surface area contributed by atoms with Gasteiger partial charge < -0.3 is 14.7 Å². The predicted octanol–water partition coefficient (Wildman–Crippen LogP) is 2.03. The molecule has 5 nitrogen and oxygen atoms in total. The van der Waals surface area contributed by atoms with Crippen LogP contribution in [0.1, 0.15) is 52.9 Å². The van der Waals surface area contributed by atoms with Crippen LogP contribution in [-0.2, 0) is 9.59 Å². The van der Waals surface area contributed by atoms with Crippen LogP contribution in [0.25, 0.3) is 0 Å². The van der Waals surface area contributed by atoms with Gasteiger partial charge in [-0.05, 0) is 45.2 Å². The molecule has 0 N–H and O–H groups in total. The summed E-state index contributed by atoms with van der Waals surface area (Å²) in [5.41, 5.74) is 2.08. The van der Waals surface area contributed by atoms with Gasteiger partial charge in [0.05, 0.1) is 12.5 Å². The summed E-state index contributed by atoms with van der Waals surface area (Å²) < 4.78 is 0. The van der Waals surface area contributed by atoms with Crippen molar-refractivity contribution in [2.45, 2.75) is 65.0 Å². The molecule has 1 atom stereocenters. The second kappa shape index (κ2) is 7.26. The van der Waals surface area contributed by atoms with Gasteiger partial charge >= 0.3 is 0 Å². The summed E-state index contributed by atoms with van der Waals surface area (Å²) >= 11 is 0. The molecule has 0 aromatic heterocycles. The fraction of sp³-hybridized carbons (Fsp3) is 0.789. The molecule has 1 saturated heterocycles. The molecule has 1 saturated carbocycles. The number of fused-ring (bicyclic) bond motifs is 1. The molecule has 2 fully saturated rings.